The van der Waals surface area contributed by atoms with Crippen LogP contribution in [0.5, 0.6) is 0 Å². The zero-order chi connectivity index (χ0) is 67.6. The molecule has 99 heavy (non-hydrogen) atoms. The second-order valence-corrected chi connectivity index (χ2v) is 27.9. The zero-order valence-corrected chi connectivity index (χ0v) is 57.3. The number of carbonyl (C=O) groups is 4. The Morgan fingerprint density at radius 3 is 1.55 bits per heavy atom. The number of benzene rings is 5. The fourth-order valence-corrected chi connectivity index (χ4v) is 15.9. The Labute approximate surface area is 588 Å². The van der Waals surface area contributed by atoms with Crippen molar-refractivity contribution in [1.29, 1.82) is 0 Å². The summed E-state index contributed by atoms with van der Waals surface area (Å²) >= 11 is 13.0. The maximum absolute atomic E-state index is 15.4. The van der Waals surface area contributed by atoms with Crippen molar-refractivity contribution in [3.05, 3.63) is 261 Å². The number of pyridine rings is 2. The lowest BCUT2D eigenvalue weighted by Crippen LogP contribution is -2.62. The lowest BCUT2D eigenvalue weighted by molar-refractivity contribution is -0.126. The van der Waals surface area contributed by atoms with Crippen molar-refractivity contribution in [2.75, 3.05) is 49.5 Å². The first-order chi connectivity index (χ1) is 48.5. The first-order valence-electron chi connectivity index (χ1n) is 35.1. The van der Waals surface area contributed by atoms with Gasteiger partial charge >= 0.3 is 12.2 Å². The molecule has 20 heteroatoms. The van der Waals surface area contributed by atoms with E-state index >= 15 is 4.79 Å². The van der Waals surface area contributed by atoms with E-state index in [0.29, 0.717) is 74.6 Å². The normalized spacial score (nSPS) is 19.7. The number of fused-ring (bicyclic) bond motifs is 4. The van der Waals surface area contributed by atoms with Crippen LogP contribution in [0.4, 0.5) is 21.0 Å². The molecule has 6 heterocycles. The monoisotopic (exact) mass is 1370 g/mol. The Bertz CT molecular complexity index is 4260. The summed E-state index contributed by atoms with van der Waals surface area (Å²) in [6, 6.07) is 44.5. The van der Waals surface area contributed by atoms with Crippen LogP contribution in [-0.4, -0.2) is 136 Å². The number of nitrogens with zero attached hydrogens (tertiary/aromatic N) is 11. The molecular weight excluding hydrogens is 1280 g/mol. The summed E-state index contributed by atoms with van der Waals surface area (Å²) in [6.07, 6.45) is 27.0. The first-order valence-corrected chi connectivity index (χ1v) is 35.9. The van der Waals surface area contributed by atoms with Crippen molar-refractivity contribution in [1.82, 2.24) is 48.7 Å². The van der Waals surface area contributed by atoms with Crippen LogP contribution in [-0.2, 0) is 64.4 Å². The predicted molar refractivity (Wildman–Crippen MR) is 383 cm³/mol. The number of hydrogen-bond donors (Lipinski definition) is 1. The zero-order valence-electron chi connectivity index (χ0n) is 55.8. The van der Waals surface area contributed by atoms with Gasteiger partial charge in [-0.05, 0) is 188 Å². The van der Waals surface area contributed by atoms with Crippen molar-refractivity contribution in [2.45, 2.75) is 146 Å². The number of carbonyl (C=O) groups excluding carboxylic acids is 4. The average molecular weight is 1370 g/mol. The molecule has 6 aliphatic rings. The van der Waals surface area contributed by atoms with Gasteiger partial charge in [0.2, 0.25) is 5.91 Å². The Morgan fingerprint density at radius 1 is 0.495 bits per heavy atom. The molecule has 0 bridgehead atoms. The van der Waals surface area contributed by atoms with Gasteiger partial charge in [0.05, 0.1) is 42.7 Å². The van der Waals surface area contributed by atoms with Gasteiger partial charge < -0.3 is 28.8 Å². The van der Waals surface area contributed by atoms with E-state index < -0.39 is 24.3 Å². The molecule has 4 amide bonds. The van der Waals surface area contributed by atoms with Crippen molar-refractivity contribution in [2.24, 2.45) is 0 Å². The highest BCUT2D eigenvalue weighted by molar-refractivity contribution is 6.31. The smallest absolute Gasteiger partial charge is 0.410 e. The van der Waals surface area contributed by atoms with E-state index in [-0.39, 0.29) is 36.1 Å². The number of halogens is 2. The lowest BCUT2D eigenvalue weighted by atomic mass is 9.95. The summed E-state index contributed by atoms with van der Waals surface area (Å²) in [6.45, 7) is 4.12. The van der Waals surface area contributed by atoms with Crippen LogP contribution >= 0.6 is 23.2 Å². The van der Waals surface area contributed by atoms with Crippen LogP contribution in [0, 0.1) is 0 Å². The number of rotatable bonds is 14. The van der Waals surface area contributed by atoms with E-state index in [9.17, 15) is 14.4 Å². The van der Waals surface area contributed by atoms with Gasteiger partial charge in [0.25, 0.3) is 5.91 Å². The Hall–Kier alpha value is -9.20. The molecule has 4 fully saturated rings. The van der Waals surface area contributed by atoms with Crippen molar-refractivity contribution < 1.29 is 28.7 Å². The van der Waals surface area contributed by atoms with Crippen LogP contribution in [0.1, 0.15) is 138 Å². The fraction of sp³-hybridized carbons (Fsp3) is 0.367. The molecule has 4 atom stereocenters. The SMILES string of the molecule is O=C(C1CN([C@@H]2c3ccc(Cl)cc3CCc3cccnc32)CCN1C(=O)OC1CCCCC1)N(Cc1ccccc1)c1cccc(Cn2ccnc2)c1.O=C(Nc1cccc(Cn2ccnc2)c1)C1CN([C@@H]2c3ccc(Cl)cc3CCc3cccnc32)CCN1C(=O)OC1CCCCC1. The number of hydrogen-bond acceptors (Lipinski definition) is 12. The van der Waals surface area contributed by atoms with Crippen molar-refractivity contribution in [3.63, 3.8) is 0 Å². The molecule has 15 rings (SSSR count). The molecule has 4 aliphatic carbocycles. The van der Waals surface area contributed by atoms with E-state index in [1.807, 2.05) is 130 Å². The van der Waals surface area contributed by atoms with Gasteiger partial charge in [-0.25, -0.2) is 19.6 Å². The number of anilines is 2. The number of ether oxygens (including phenoxy) is 2. The fourth-order valence-electron chi connectivity index (χ4n) is 15.5. The van der Waals surface area contributed by atoms with Gasteiger partial charge in [-0.15, -0.1) is 0 Å². The van der Waals surface area contributed by atoms with E-state index in [1.54, 1.807) is 34.8 Å². The van der Waals surface area contributed by atoms with Gasteiger partial charge in [0.1, 0.15) is 24.3 Å². The third-order valence-corrected chi connectivity index (χ3v) is 20.9. The summed E-state index contributed by atoms with van der Waals surface area (Å²) in [5, 5.41) is 4.54. The highest BCUT2D eigenvalue weighted by Crippen LogP contribution is 2.41. The van der Waals surface area contributed by atoms with Gasteiger partial charge in [-0.3, -0.25) is 39.2 Å². The third-order valence-electron chi connectivity index (χ3n) is 20.5. The van der Waals surface area contributed by atoms with Crippen LogP contribution in [0.2, 0.25) is 10.0 Å². The maximum Gasteiger partial charge on any atom is 0.410 e. The first kappa shape index (κ1) is 67.0. The van der Waals surface area contributed by atoms with Gasteiger partial charge in [-0.1, -0.05) is 115 Å². The summed E-state index contributed by atoms with van der Waals surface area (Å²) < 4.78 is 16.2. The lowest BCUT2D eigenvalue weighted by Gasteiger charge is -2.45. The van der Waals surface area contributed by atoms with Crippen LogP contribution in [0.3, 0.4) is 0 Å². The minimum Gasteiger partial charge on any atom is -0.446 e. The van der Waals surface area contributed by atoms with Crippen LogP contribution in [0.15, 0.2) is 189 Å². The molecular formula is C79H84Cl2N12O6. The summed E-state index contributed by atoms with van der Waals surface area (Å²) in [4.78, 5) is 85.4. The van der Waals surface area contributed by atoms with Gasteiger partial charge in [0.15, 0.2) is 0 Å². The number of aryl methyl sites for hydroxylation is 4. The molecule has 1 N–H and O–H groups in total. The summed E-state index contributed by atoms with van der Waals surface area (Å²) in [7, 11) is 0. The van der Waals surface area contributed by atoms with Gasteiger partial charge in [-0.2, -0.15) is 0 Å². The minimum atomic E-state index is -0.799. The number of aromatic nitrogens is 6. The second kappa shape index (κ2) is 31.3. The number of piperazine rings is 2. The average Bonchev–Trinajstić information content (AvgIpc) is 1.76. The Kier molecular flexibility index (Phi) is 21.2. The van der Waals surface area contributed by atoms with E-state index in [4.69, 9.17) is 42.6 Å². The van der Waals surface area contributed by atoms with E-state index in [1.165, 1.54) is 28.7 Å². The summed E-state index contributed by atoms with van der Waals surface area (Å²) in [5.41, 5.74) is 13.5. The molecule has 510 valence electrons. The Balaban J connectivity index is 0.000000171. The van der Waals surface area contributed by atoms with Crippen molar-refractivity contribution >= 4 is 58.6 Å². The van der Waals surface area contributed by atoms with Gasteiger partial charge in [0, 0.05) is 111 Å². The number of amides is 4. The Morgan fingerprint density at radius 2 is 1.00 bits per heavy atom. The minimum absolute atomic E-state index is 0.0996. The van der Waals surface area contributed by atoms with Crippen molar-refractivity contribution in [3.8, 4) is 0 Å². The van der Waals surface area contributed by atoms with Crippen LogP contribution < -0.4 is 10.2 Å². The number of nitrogens with one attached hydrogen (secondary N) is 1. The molecule has 4 aromatic heterocycles. The predicted octanol–water partition coefficient (Wildman–Crippen LogP) is 14.1. The molecule has 0 radical (unpaired) electrons. The molecule has 18 nitrogen and oxygen atoms in total. The number of imidazole rings is 2. The molecule has 2 aliphatic heterocycles. The maximum atomic E-state index is 15.4. The quantitative estimate of drug-likeness (QED) is 0.109. The molecule has 0 spiro atoms. The molecule has 2 saturated carbocycles. The molecule has 2 saturated heterocycles. The molecule has 9 aromatic rings. The largest absolute Gasteiger partial charge is 0.446 e. The molecule has 2 unspecified atom stereocenters. The summed E-state index contributed by atoms with van der Waals surface area (Å²) in [5.74, 6) is -0.388. The highest BCUT2D eigenvalue weighted by Gasteiger charge is 2.45. The van der Waals surface area contributed by atoms with E-state index in [2.05, 4.69) is 73.6 Å². The second-order valence-electron chi connectivity index (χ2n) is 27.0. The topological polar surface area (TPSA) is 176 Å². The third kappa shape index (κ3) is 16.0. The molecule has 5 aromatic carbocycles. The van der Waals surface area contributed by atoms with Crippen LogP contribution in [0.25, 0.3) is 0 Å². The van der Waals surface area contributed by atoms with E-state index in [0.717, 1.165) is 128 Å². The highest BCUT2D eigenvalue weighted by atomic mass is 35.5. The standard InChI is InChI=1S/C43H45ClN6O3.C36H39ClN6O3/c44-35-18-19-38-34(26-35)17-16-33-12-8-20-46-40(33)41(38)48-23-24-49(43(52)53-37-14-5-2-6-15-37)39(29-48)42(51)50(28-31-9-3-1-4-10-31)36-13-7-11-32(25-36)27-47-22-21-45-30-47;37-28-13-14-31-27(21-28)12-11-26-7-5-15-39-33(26)34(31)42-18-19-43(36(45)46-30-9-2-1-3-10-30)32(23-42)35(44)40-29-8-4-6-25(20-29)22-41-17-16-38-24-41/h1,3-4,7-13,18-22,25-26,30,37,39,41H,2,5-6,14-17,23-24,27-29H2;4-8,13-17,20-21,24,30,32,34H,1-3,9-12,18-19,22-23H2,(H,40,44)/t39?,41-;32?,34-/m11/s1.